The fourth-order valence-corrected chi connectivity index (χ4v) is 2.48. The molecule has 0 aromatic heterocycles. The first-order valence-electron chi connectivity index (χ1n) is 5.67. The van der Waals surface area contributed by atoms with Crippen LogP contribution < -0.4 is 4.72 Å². The van der Waals surface area contributed by atoms with Crippen molar-refractivity contribution in [3.63, 3.8) is 0 Å². The molecule has 0 heterocycles. The third kappa shape index (κ3) is 4.36. The van der Waals surface area contributed by atoms with Gasteiger partial charge in [-0.1, -0.05) is 29.8 Å². The predicted molar refractivity (Wildman–Crippen MR) is 79.4 cm³/mol. The highest BCUT2D eigenvalue weighted by atomic mass is 35.5. The lowest BCUT2D eigenvalue weighted by molar-refractivity contribution is 0.609. The lowest BCUT2D eigenvalue weighted by Gasteiger charge is -2.04. The van der Waals surface area contributed by atoms with Crippen molar-refractivity contribution in [3.05, 3.63) is 70.3 Å². The van der Waals surface area contributed by atoms with Crippen LogP contribution in [0.1, 0.15) is 5.56 Å². The number of benzene rings is 2. The van der Waals surface area contributed by atoms with Crippen molar-refractivity contribution in [2.75, 3.05) is 4.72 Å². The maximum absolute atomic E-state index is 13.0. The van der Waals surface area contributed by atoms with Gasteiger partial charge in [-0.15, -0.1) is 0 Å². The molecule has 3 nitrogen and oxygen atoms in total. The summed E-state index contributed by atoms with van der Waals surface area (Å²) in [6.07, 6.45) is 1.43. The Balaban J connectivity index is 2.13. The van der Waals surface area contributed by atoms with Crippen molar-refractivity contribution in [2.24, 2.45) is 0 Å². The number of rotatable bonds is 4. The number of hydrogen-bond acceptors (Lipinski definition) is 2. The van der Waals surface area contributed by atoms with Crippen LogP contribution in [0.25, 0.3) is 6.08 Å². The van der Waals surface area contributed by atoms with E-state index in [-0.39, 0.29) is 5.69 Å². The highest BCUT2D eigenvalue weighted by Crippen LogP contribution is 2.14. The molecule has 20 heavy (non-hydrogen) atoms. The summed E-state index contributed by atoms with van der Waals surface area (Å²) in [4.78, 5) is 0. The van der Waals surface area contributed by atoms with E-state index in [0.717, 1.165) is 11.5 Å². The average molecular weight is 312 g/mol. The van der Waals surface area contributed by atoms with Gasteiger partial charge in [0, 0.05) is 5.02 Å². The van der Waals surface area contributed by atoms with E-state index in [4.69, 9.17) is 11.6 Å². The van der Waals surface area contributed by atoms with Crippen LogP contribution in [-0.4, -0.2) is 8.42 Å². The lowest BCUT2D eigenvalue weighted by Crippen LogP contribution is -2.08. The summed E-state index contributed by atoms with van der Waals surface area (Å²) in [7, 11) is -3.69. The van der Waals surface area contributed by atoms with Gasteiger partial charge < -0.3 is 0 Å². The van der Waals surface area contributed by atoms with E-state index in [1.807, 2.05) is 0 Å². The third-order valence-electron chi connectivity index (χ3n) is 2.39. The standard InChI is InChI=1S/C14H11ClFNO2S/c15-12-6-4-11(5-7-12)8-9-20(18,19)17-14-3-1-2-13(16)10-14/h1-10,17H/b9-8+. The molecule has 0 unspecified atom stereocenters. The van der Waals surface area contributed by atoms with Crippen molar-refractivity contribution in [1.29, 1.82) is 0 Å². The van der Waals surface area contributed by atoms with Crippen molar-refractivity contribution in [3.8, 4) is 0 Å². The largest absolute Gasteiger partial charge is 0.280 e. The van der Waals surface area contributed by atoms with Gasteiger partial charge in [0.2, 0.25) is 0 Å². The van der Waals surface area contributed by atoms with E-state index in [1.165, 1.54) is 24.3 Å². The SMILES string of the molecule is O=S(=O)(/C=C/c1ccc(Cl)cc1)Nc1cccc(F)c1. The Hall–Kier alpha value is -1.85. The zero-order chi connectivity index (χ0) is 14.6. The number of halogens is 2. The monoisotopic (exact) mass is 311 g/mol. The van der Waals surface area contributed by atoms with Crippen molar-refractivity contribution >= 4 is 33.4 Å². The molecule has 0 saturated heterocycles. The van der Waals surface area contributed by atoms with Gasteiger partial charge in [-0.3, -0.25) is 4.72 Å². The van der Waals surface area contributed by atoms with Crippen LogP contribution in [-0.2, 0) is 10.0 Å². The minimum Gasteiger partial charge on any atom is -0.280 e. The molecule has 0 fully saturated rings. The molecule has 2 rings (SSSR count). The van der Waals surface area contributed by atoms with Crippen LogP contribution in [0.2, 0.25) is 5.02 Å². The smallest absolute Gasteiger partial charge is 0.255 e. The summed E-state index contributed by atoms with van der Waals surface area (Å²) in [6, 6.07) is 11.9. The Morgan fingerprint density at radius 2 is 1.80 bits per heavy atom. The summed E-state index contributed by atoms with van der Waals surface area (Å²) in [6.45, 7) is 0. The number of anilines is 1. The Bertz CT molecular complexity index is 727. The quantitative estimate of drug-likeness (QED) is 0.931. The Morgan fingerprint density at radius 3 is 2.45 bits per heavy atom. The van der Waals surface area contributed by atoms with Gasteiger partial charge in [-0.2, -0.15) is 0 Å². The van der Waals surface area contributed by atoms with Crippen LogP contribution in [0, 0.1) is 5.82 Å². The molecule has 6 heteroatoms. The van der Waals surface area contributed by atoms with E-state index in [2.05, 4.69) is 4.72 Å². The second-order valence-electron chi connectivity index (χ2n) is 4.01. The molecule has 0 atom stereocenters. The molecule has 2 aromatic carbocycles. The molecule has 0 radical (unpaired) electrons. The van der Waals surface area contributed by atoms with E-state index in [0.29, 0.717) is 10.6 Å². The van der Waals surface area contributed by atoms with Crippen molar-refractivity contribution < 1.29 is 12.8 Å². The maximum Gasteiger partial charge on any atom is 0.255 e. The number of sulfonamides is 1. The molecular formula is C14H11ClFNO2S. The molecule has 0 aliphatic carbocycles. The molecule has 0 saturated carbocycles. The number of hydrogen-bond donors (Lipinski definition) is 1. The van der Waals surface area contributed by atoms with Crippen LogP contribution >= 0.6 is 11.6 Å². The number of nitrogens with one attached hydrogen (secondary N) is 1. The van der Waals surface area contributed by atoms with Crippen LogP contribution in [0.4, 0.5) is 10.1 Å². The van der Waals surface area contributed by atoms with Gasteiger partial charge in [0.25, 0.3) is 10.0 Å². The Labute approximate surface area is 121 Å². The fraction of sp³-hybridized carbons (Fsp3) is 0. The molecule has 2 aromatic rings. The normalized spacial score (nSPS) is 11.7. The van der Waals surface area contributed by atoms with E-state index < -0.39 is 15.8 Å². The molecule has 104 valence electrons. The average Bonchev–Trinajstić information content (AvgIpc) is 2.37. The molecule has 0 spiro atoms. The van der Waals surface area contributed by atoms with E-state index in [9.17, 15) is 12.8 Å². The van der Waals surface area contributed by atoms with Crippen LogP contribution in [0.3, 0.4) is 0 Å². The van der Waals surface area contributed by atoms with Gasteiger partial charge >= 0.3 is 0 Å². The molecule has 0 amide bonds. The fourth-order valence-electron chi connectivity index (χ4n) is 1.49. The molecule has 0 aliphatic rings. The highest BCUT2D eigenvalue weighted by Gasteiger charge is 2.06. The topological polar surface area (TPSA) is 46.2 Å². The summed E-state index contributed by atoms with van der Waals surface area (Å²) in [5.74, 6) is -0.508. The molecular weight excluding hydrogens is 301 g/mol. The van der Waals surface area contributed by atoms with E-state index in [1.54, 1.807) is 24.3 Å². The van der Waals surface area contributed by atoms with E-state index >= 15 is 0 Å². The summed E-state index contributed by atoms with van der Waals surface area (Å²) >= 11 is 5.73. The lowest BCUT2D eigenvalue weighted by atomic mass is 10.2. The van der Waals surface area contributed by atoms with Gasteiger partial charge in [0.15, 0.2) is 0 Å². The second kappa shape index (κ2) is 6.07. The van der Waals surface area contributed by atoms with Crippen LogP contribution in [0.5, 0.6) is 0 Å². The second-order valence-corrected chi connectivity index (χ2v) is 6.01. The maximum atomic E-state index is 13.0. The zero-order valence-corrected chi connectivity index (χ0v) is 11.8. The molecule has 0 bridgehead atoms. The van der Waals surface area contributed by atoms with Gasteiger partial charge in [0.1, 0.15) is 5.82 Å². The Morgan fingerprint density at radius 1 is 1.10 bits per heavy atom. The molecule has 0 aliphatic heterocycles. The first-order valence-corrected chi connectivity index (χ1v) is 7.59. The first-order chi connectivity index (χ1) is 9.44. The minimum absolute atomic E-state index is 0.172. The predicted octanol–water partition coefficient (Wildman–Crippen LogP) is 3.89. The summed E-state index contributed by atoms with van der Waals surface area (Å²) in [5.41, 5.74) is 0.866. The van der Waals surface area contributed by atoms with Gasteiger partial charge in [0.05, 0.1) is 11.1 Å². The summed E-state index contributed by atoms with van der Waals surface area (Å²) < 4.78 is 38.8. The third-order valence-corrected chi connectivity index (χ3v) is 3.66. The van der Waals surface area contributed by atoms with Crippen LogP contribution in [0.15, 0.2) is 53.9 Å². The van der Waals surface area contributed by atoms with Gasteiger partial charge in [-0.25, -0.2) is 12.8 Å². The van der Waals surface area contributed by atoms with Crippen molar-refractivity contribution in [1.82, 2.24) is 0 Å². The summed E-state index contributed by atoms with van der Waals surface area (Å²) in [5, 5.41) is 1.59. The zero-order valence-electron chi connectivity index (χ0n) is 10.3. The minimum atomic E-state index is -3.69. The highest BCUT2D eigenvalue weighted by molar-refractivity contribution is 7.95. The van der Waals surface area contributed by atoms with Gasteiger partial charge in [-0.05, 0) is 42.0 Å². The Kier molecular flexibility index (Phi) is 4.42. The molecule has 1 N–H and O–H groups in total. The van der Waals surface area contributed by atoms with Crippen molar-refractivity contribution in [2.45, 2.75) is 0 Å². The first kappa shape index (κ1) is 14.6.